The molecule has 3 rings (SSSR count). The van der Waals surface area contributed by atoms with Crippen molar-refractivity contribution >= 4 is 21.8 Å². The number of alkyl halides is 1. The van der Waals surface area contributed by atoms with Gasteiger partial charge in [0.25, 0.3) is 0 Å². The Hall–Kier alpha value is -0.830. The van der Waals surface area contributed by atoms with Gasteiger partial charge < -0.3 is 4.90 Å². The number of hydrogen-bond acceptors (Lipinski definition) is 1. The number of benzene rings is 1. The van der Waals surface area contributed by atoms with Crippen LogP contribution in [0.25, 0.3) is 0 Å². The molecule has 1 aromatic rings. The SMILES string of the molecule is Cc1cc(CN2CC3CC3C2=O)ccc1CBr. The summed E-state index contributed by atoms with van der Waals surface area (Å²) in [6.07, 6.45) is 1.14. The maximum atomic E-state index is 11.9. The summed E-state index contributed by atoms with van der Waals surface area (Å²) in [5.74, 6) is 1.42. The first-order valence-electron chi connectivity index (χ1n) is 6.12. The van der Waals surface area contributed by atoms with Crippen molar-refractivity contribution in [1.29, 1.82) is 0 Å². The number of piperidine rings is 1. The van der Waals surface area contributed by atoms with Crippen LogP contribution >= 0.6 is 15.9 Å². The van der Waals surface area contributed by atoms with Crippen LogP contribution in [0.1, 0.15) is 23.1 Å². The van der Waals surface area contributed by atoms with Crippen LogP contribution in [0, 0.1) is 18.8 Å². The minimum absolute atomic E-state index is 0.372. The Morgan fingerprint density at radius 2 is 2.29 bits per heavy atom. The second-order valence-corrected chi connectivity index (χ2v) is 5.78. The monoisotopic (exact) mass is 293 g/mol. The molecule has 2 atom stereocenters. The molecule has 1 aliphatic heterocycles. The summed E-state index contributed by atoms with van der Waals surface area (Å²) in [5.41, 5.74) is 3.88. The van der Waals surface area contributed by atoms with Crippen LogP contribution in [-0.4, -0.2) is 17.4 Å². The molecule has 17 heavy (non-hydrogen) atoms. The van der Waals surface area contributed by atoms with Gasteiger partial charge in [-0.1, -0.05) is 34.1 Å². The number of aryl methyl sites for hydroxylation is 1. The van der Waals surface area contributed by atoms with E-state index in [2.05, 4.69) is 41.1 Å². The van der Waals surface area contributed by atoms with Gasteiger partial charge >= 0.3 is 0 Å². The molecule has 2 aliphatic rings. The standard InChI is InChI=1S/C14H16BrNO/c1-9-4-10(2-3-11(9)6-15)7-16-8-12-5-13(12)14(16)17/h2-4,12-13H,5-8H2,1H3. The third-order valence-corrected chi connectivity index (χ3v) is 4.53. The number of halogens is 1. The molecule has 2 fully saturated rings. The first kappa shape index (κ1) is 11.3. The van der Waals surface area contributed by atoms with E-state index in [9.17, 15) is 4.79 Å². The van der Waals surface area contributed by atoms with Crippen LogP contribution in [0.3, 0.4) is 0 Å². The third-order valence-electron chi connectivity index (χ3n) is 3.93. The summed E-state index contributed by atoms with van der Waals surface area (Å²) in [6.45, 7) is 3.89. The highest BCUT2D eigenvalue weighted by Crippen LogP contribution is 2.46. The molecule has 0 spiro atoms. The van der Waals surface area contributed by atoms with Gasteiger partial charge in [0.2, 0.25) is 5.91 Å². The van der Waals surface area contributed by atoms with Gasteiger partial charge in [-0.2, -0.15) is 0 Å². The van der Waals surface area contributed by atoms with Crippen LogP contribution in [0.2, 0.25) is 0 Å². The summed E-state index contributed by atoms with van der Waals surface area (Å²) >= 11 is 3.48. The van der Waals surface area contributed by atoms with Crippen molar-refractivity contribution in [2.75, 3.05) is 6.54 Å². The number of carbonyl (C=O) groups excluding carboxylic acids is 1. The molecule has 0 N–H and O–H groups in total. The summed E-state index contributed by atoms with van der Waals surface area (Å²) in [4.78, 5) is 13.9. The lowest BCUT2D eigenvalue weighted by molar-refractivity contribution is -0.130. The van der Waals surface area contributed by atoms with Crippen molar-refractivity contribution in [3.05, 3.63) is 34.9 Å². The number of rotatable bonds is 3. The highest BCUT2D eigenvalue weighted by Gasteiger charge is 2.51. The minimum Gasteiger partial charge on any atom is -0.338 e. The van der Waals surface area contributed by atoms with Crippen molar-refractivity contribution in [2.24, 2.45) is 11.8 Å². The number of likely N-dealkylation sites (tertiary alicyclic amines) is 1. The lowest BCUT2D eigenvalue weighted by Gasteiger charge is -2.18. The lowest BCUT2D eigenvalue weighted by atomic mass is 10.1. The van der Waals surface area contributed by atoms with E-state index in [1.54, 1.807) is 0 Å². The van der Waals surface area contributed by atoms with E-state index in [1.807, 2.05) is 4.90 Å². The molecule has 90 valence electrons. The first-order chi connectivity index (χ1) is 8.19. The van der Waals surface area contributed by atoms with Crippen LogP contribution < -0.4 is 0 Å². The van der Waals surface area contributed by atoms with Gasteiger partial charge in [-0.05, 0) is 36.0 Å². The van der Waals surface area contributed by atoms with E-state index < -0.39 is 0 Å². The van der Waals surface area contributed by atoms with Crippen molar-refractivity contribution in [1.82, 2.24) is 4.90 Å². The van der Waals surface area contributed by atoms with E-state index in [0.29, 0.717) is 17.7 Å². The second kappa shape index (κ2) is 4.13. The molecule has 2 unspecified atom stereocenters. The Bertz CT molecular complexity index is 471. The predicted octanol–water partition coefficient (Wildman–Crippen LogP) is 2.87. The highest BCUT2D eigenvalue weighted by molar-refractivity contribution is 9.08. The van der Waals surface area contributed by atoms with Crippen molar-refractivity contribution in [2.45, 2.75) is 25.2 Å². The maximum Gasteiger partial charge on any atom is 0.226 e. The molecule has 0 radical (unpaired) electrons. The maximum absolute atomic E-state index is 11.9. The fourth-order valence-electron chi connectivity index (χ4n) is 2.73. The summed E-state index contributed by atoms with van der Waals surface area (Å²) in [5, 5.41) is 0.895. The molecule has 2 nitrogen and oxygen atoms in total. The van der Waals surface area contributed by atoms with Gasteiger partial charge in [0.15, 0.2) is 0 Å². The Labute approximate surface area is 110 Å². The average Bonchev–Trinajstić information content (AvgIpc) is 3.01. The Balaban J connectivity index is 1.73. The molecule has 1 aliphatic carbocycles. The van der Waals surface area contributed by atoms with E-state index >= 15 is 0 Å². The number of hydrogen-bond donors (Lipinski definition) is 0. The summed E-state index contributed by atoms with van der Waals surface area (Å²) < 4.78 is 0. The average molecular weight is 294 g/mol. The Morgan fingerprint density at radius 3 is 2.88 bits per heavy atom. The van der Waals surface area contributed by atoms with E-state index in [4.69, 9.17) is 0 Å². The quantitative estimate of drug-likeness (QED) is 0.785. The zero-order chi connectivity index (χ0) is 12.0. The number of nitrogens with zero attached hydrogens (tertiary/aromatic N) is 1. The molecule has 1 saturated heterocycles. The smallest absolute Gasteiger partial charge is 0.226 e. The zero-order valence-corrected chi connectivity index (χ0v) is 11.5. The molecule has 1 saturated carbocycles. The molecular weight excluding hydrogens is 278 g/mol. The Kier molecular flexibility index (Phi) is 2.74. The number of fused-ring (bicyclic) bond motifs is 1. The fourth-order valence-corrected chi connectivity index (χ4v) is 3.36. The van der Waals surface area contributed by atoms with E-state index in [1.165, 1.54) is 16.7 Å². The van der Waals surface area contributed by atoms with Gasteiger partial charge in [-0.3, -0.25) is 4.79 Å². The van der Waals surface area contributed by atoms with Crippen LogP contribution in [-0.2, 0) is 16.7 Å². The Morgan fingerprint density at radius 1 is 1.47 bits per heavy atom. The van der Waals surface area contributed by atoms with Crippen LogP contribution in [0.5, 0.6) is 0 Å². The fraction of sp³-hybridized carbons (Fsp3) is 0.500. The van der Waals surface area contributed by atoms with Gasteiger partial charge in [0.05, 0.1) is 0 Å². The molecule has 3 heteroatoms. The minimum atomic E-state index is 0.372. The van der Waals surface area contributed by atoms with Gasteiger partial charge in [-0.15, -0.1) is 0 Å². The summed E-state index contributed by atoms with van der Waals surface area (Å²) in [6, 6.07) is 6.50. The largest absolute Gasteiger partial charge is 0.338 e. The molecule has 1 amide bonds. The highest BCUT2D eigenvalue weighted by atomic mass is 79.9. The van der Waals surface area contributed by atoms with Crippen molar-refractivity contribution < 1.29 is 4.79 Å². The summed E-state index contributed by atoms with van der Waals surface area (Å²) in [7, 11) is 0. The molecular formula is C14H16BrNO. The van der Waals surface area contributed by atoms with Crippen LogP contribution in [0.15, 0.2) is 18.2 Å². The molecule has 0 bridgehead atoms. The zero-order valence-electron chi connectivity index (χ0n) is 9.95. The predicted molar refractivity (Wildman–Crippen MR) is 70.8 cm³/mol. The van der Waals surface area contributed by atoms with Crippen molar-refractivity contribution in [3.63, 3.8) is 0 Å². The number of carbonyl (C=O) groups is 1. The van der Waals surface area contributed by atoms with Crippen LogP contribution in [0.4, 0.5) is 0 Å². The van der Waals surface area contributed by atoms with E-state index in [0.717, 1.165) is 24.8 Å². The topological polar surface area (TPSA) is 20.3 Å². The van der Waals surface area contributed by atoms with Crippen molar-refractivity contribution in [3.8, 4) is 0 Å². The second-order valence-electron chi connectivity index (χ2n) is 5.22. The first-order valence-corrected chi connectivity index (χ1v) is 7.24. The molecule has 1 aromatic carbocycles. The van der Waals surface area contributed by atoms with Gasteiger partial charge in [0, 0.05) is 24.3 Å². The molecule has 1 heterocycles. The third kappa shape index (κ3) is 2.01. The van der Waals surface area contributed by atoms with E-state index in [-0.39, 0.29) is 0 Å². The normalized spacial score (nSPS) is 26.2. The van der Waals surface area contributed by atoms with Gasteiger partial charge in [0.1, 0.15) is 0 Å². The number of amides is 1. The van der Waals surface area contributed by atoms with Gasteiger partial charge in [-0.25, -0.2) is 0 Å². The lowest BCUT2D eigenvalue weighted by Crippen LogP contribution is -2.27. The molecule has 0 aromatic heterocycles.